The Bertz CT molecular complexity index is 808. The SMILES string of the molecule is COc1ccc(Cn2cc(S(=O)(=O)N(C)C)ccc2=O)cc1. The topological polar surface area (TPSA) is 68.6 Å². The van der Waals surface area contributed by atoms with E-state index in [1.54, 1.807) is 19.2 Å². The molecule has 1 aromatic heterocycles. The lowest BCUT2D eigenvalue weighted by Crippen LogP contribution is -2.26. The molecule has 0 atom stereocenters. The van der Waals surface area contributed by atoms with Crippen molar-refractivity contribution in [3.8, 4) is 5.75 Å². The summed E-state index contributed by atoms with van der Waals surface area (Å²) >= 11 is 0. The Morgan fingerprint density at radius 3 is 2.27 bits per heavy atom. The number of sulfonamides is 1. The summed E-state index contributed by atoms with van der Waals surface area (Å²) in [5.74, 6) is 0.722. The van der Waals surface area contributed by atoms with Crippen molar-refractivity contribution in [2.24, 2.45) is 0 Å². The van der Waals surface area contributed by atoms with Gasteiger partial charge >= 0.3 is 0 Å². The maximum atomic E-state index is 12.1. The van der Waals surface area contributed by atoms with Crippen molar-refractivity contribution < 1.29 is 13.2 Å². The average molecular weight is 322 g/mol. The molecule has 0 aliphatic heterocycles. The highest BCUT2D eigenvalue weighted by atomic mass is 32.2. The summed E-state index contributed by atoms with van der Waals surface area (Å²) in [6.07, 6.45) is 1.36. The molecule has 0 aliphatic carbocycles. The van der Waals surface area contributed by atoms with Gasteiger partial charge in [-0.05, 0) is 23.8 Å². The summed E-state index contributed by atoms with van der Waals surface area (Å²) in [7, 11) is 0.918. The second-order valence-corrected chi connectivity index (χ2v) is 7.12. The van der Waals surface area contributed by atoms with Crippen LogP contribution in [0.1, 0.15) is 5.56 Å². The fraction of sp³-hybridized carbons (Fsp3) is 0.267. The molecule has 1 aromatic carbocycles. The standard InChI is InChI=1S/C15H18N2O4S/c1-16(2)22(19,20)14-8-9-15(18)17(11-14)10-12-4-6-13(21-3)7-5-12/h4-9,11H,10H2,1-3H3. The maximum absolute atomic E-state index is 12.1. The van der Waals surface area contributed by atoms with Gasteiger partial charge in [0.05, 0.1) is 18.6 Å². The predicted octanol–water partition coefficient (Wildman–Crippen LogP) is 1.16. The van der Waals surface area contributed by atoms with Crippen LogP contribution in [-0.4, -0.2) is 38.5 Å². The van der Waals surface area contributed by atoms with Crippen molar-refractivity contribution in [3.05, 3.63) is 58.5 Å². The van der Waals surface area contributed by atoms with E-state index in [4.69, 9.17) is 4.74 Å². The largest absolute Gasteiger partial charge is 0.497 e. The number of aromatic nitrogens is 1. The number of rotatable bonds is 5. The van der Waals surface area contributed by atoms with Crippen molar-refractivity contribution in [1.29, 1.82) is 0 Å². The molecule has 7 heteroatoms. The first-order chi connectivity index (χ1) is 10.3. The van der Waals surface area contributed by atoms with Crippen LogP contribution in [-0.2, 0) is 16.6 Å². The van der Waals surface area contributed by atoms with Crippen LogP contribution in [0.5, 0.6) is 5.75 Å². The minimum absolute atomic E-state index is 0.0885. The molecular weight excluding hydrogens is 304 g/mol. The summed E-state index contributed by atoms with van der Waals surface area (Å²) < 4.78 is 31.8. The van der Waals surface area contributed by atoms with E-state index in [-0.39, 0.29) is 10.5 Å². The Labute approximate surface area is 129 Å². The minimum atomic E-state index is -3.57. The van der Waals surface area contributed by atoms with Gasteiger partial charge in [-0.1, -0.05) is 12.1 Å². The first-order valence-electron chi connectivity index (χ1n) is 6.60. The van der Waals surface area contributed by atoms with Gasteiger partial charge in [-0.15, -0.1) is 0 Å². The van der Waals surface area contributed by atoms with Crippen LogP contribution in [0, 0.1) is 0 Å². The molecule has 2 rings (SSSR count). The van der Waals surface area contributed by atoms with Crippen LogP contribution in [0.25, 0.3) is 0 Å². The van der Waals surface area contributed by atoms with Crippen molar-refractivity contribution in [2.75, 3.05) is 21.2 Å². The molecular formula is C15H18N2O4S. The van der Waals surface area contributed by atoms with Crippen molar-refractivity contribution >= 4 is 10.0 Å². The summed E-state index contributed by atoms with van der Waals surface area (Å²) in [6, 6.07) is 9.83. The zero-order valence-electron chi connectivity index (χ0n) is 12.7. The van der Waals surface area contributed by atoms with Gasteiger partial charge in [0.25, 0.3) is 5.56 Å². The molecule has 6 nitrogen and oxygen atoms in total. The van der Waals surface area contributed by atoms with Crippen LogP contribution < -0.4 is 10.3 Å². The lowest BCUT2D eigenvalue weighted by Gasteiger charge is -2.13. The Kier molecular flexibility index (Phi) is 4.68. The highest BCUT2D eigenvalue weighted by molar-refractivity contribution is 7.89. The normalized spacial score (nSPS) is 11.6. The van der Waals surface area contributed by atoms with E-state index in [0.29, 0.717) is 6.54 Å². The monoisotopic (exact) mass is 322 g/mol. The molecule has 0 saturated carbocycles. The summed E-state index contributed by atoms with van der Waals surface area (Å²) in [4.78, 5) is 12.0. The van der Waals surface area contributed by atoms with E-state index in [0.717, 1.165) is 15.6 Å². The van der Waals surface area contributed by atoms with E-state index < -0.39 is 10.0 Å². The average Bonchev–Trinajstić information content (AvgIpc) is 2.50. The first kappa shape index (κ1) is 16.3. The molecule has 0 unspecified atom stereocenters. The van der Waals surface area contributed by atoms with E-state index in [1.807, 2.05) is 12.1 Å². The van der Waals surface area contributed by atoms with E-state index >= 15 is 0 Å². The number of ether oxygens (including phenoxy) is 1. The van der Waals surface area contributed by atoms with Gasteiger partial charge in [0.1, 0.15) is 5.75 Å². The number of pyridine rings is 1. The van der Waals surface area contributed by atoms with Crippen molar-refractivity contribution in [2.45, 2.75) is 11.4 Å². The minimum Gasteiger partial charge on any atom is -0.497 e. The zero-order chi connectivity index (χ0) is 16.3. The highest BCUT2D eigenvalue weighted by Gasteiger charge is 2.18. The first-order valence-corrected chi connectivity index (χ1v) is 8.04. The van der Waals surface area contributed by atoms with Crippen LogP contribution in [0.3, 0.4) is 0 Å². The molecule has 118 valence electrons. The molecule has 1 heterocycles. The lowest BCUT2D eigenvalue weighted by atomic mass is 10.2. The molecule has 0 spiro atoms. The summed E-state index contributed by atoms with van der Waals surface area (Å²) in [5, 5.41) is 0. The third kappa shape index (κ3) is 3.37. The van der Waals surface area contributed by atoms with Gasteiger partial charge < -0.3 is 9.30 Å². The molecule has 22 heavy (non-hydrogen) atoms. The van der Waals surface area contributed by atoms with Gasteiger partial charge in [0.2, 0.25) is 10.0 Å². The second kappa shape index (κ2) is 6.33. The van der Waals surface area contributed by atoms with Crippen molar-refractivity contribution in [3.63, 3.8) is 0 Å². The number of nitrogens with zero attached hydrogens (tertiary/aromatic N) is 2. The maximum Gasteiger partial charge on any atom is 0.250 e. The quantitative estimate of drug-likeness (QED) is 0.828. The molecule has 0 radical (unpaired) electrons. The highest BCUT2D eigenvalue weighted by Crippen LogP contribution is 2.14. The van der Waals surface area contributed by atoms with Gasteiger partial charge in [-0.2, -0.15) is 0 Å². The van der Waals surface area contributed by atoms with Crippen LogP contribution in [0.15, 0.2) is 52.3 Å². The third-order valence-electron chi connectivity index (χ3n) is 3.25. The Hall–Kier alpha value is -2.12. The number of hydrogen-bond donors (Lipinski definition) is 0. The van der Waals surface area contributed by atoms with E-state index in [9.17, 15) is 13.2 Å². The molecule has 0 aliphatic rings. The summed E-state index contributed by atoms with van der Waals surface area (Å²) in [6.45, 7) is 0.291. The summed E-state index contributed by atoms with van der Waals surface area (Å²) in [5.41, 5.74) is 0.621. The van der Waals surface area contributed by atoms with Crippen molar-refractivity contribution in [1.82, 2.24) is 8.87 Å². The molecule has 0 bridgehead atoms. The number of methoxy groups -OCH3 is 1. The van der Waals surface area contributed by atoms with E-state index in [2.05, 4.69) is 0 Å². The third-order valence-corrected chi connectivity index (χ3v) is 5.05. The fourth-order valence-electron chi connectivity index (χ4n) is 1.92. The zero-order valence-corrected chi connectivity index (χ0v) is 13.5. The van der Waals surface area contributed by atoms with Gasteiger partial charge in [-0.3, -0.25) is 4.79 Å². The van der Waals surface area contributed by atoms with Gasteiger partial charge in [0, 0.05) is 26.4 Å². The van der Waals surface area contributed by atoms with Gasteiger partial charge in [-0.25, -0.2) is 12.7 Å². The Morgan fingerprint density at radius 2 is 1.73 bits per heavy atom. The fourth-order valence-corrected chi connectivity index (χ4v) is 2.85. The van der Waals surface area contributed by atoms with Crippen LogP contribution in [0.4, 0.5) is 0 Å². The predicted molar refractivity (Wildman–Crippen MR) is 83.7 cm³/mol. The molecule has 0 fully saturated rings. The molecule has 0 saturated heterocycles. The Morgan fingerprint density at radius 1 is 1.09 bits per heavy atom. The van der Waals surface area contributed by atoms with Crippen LogP contribution >= 0.6 is 0 Å². The smallest absolute Gasteiger partial charge is 0.250 e. The number of hydrogen-bond acceptors (Lipinski definition) is 4. The molecule has 0 N–H and O–H groups in total. The second-order valence-electron chi connectivity index (χ2n) is 4.97. The Balaban J connectivity index is 2.37. The molecule has 0 amide bonds. The number of benzene rings is 1. The van der Waals surface area contributed by atoms with E-state index in [1.165, 1.54) is 37.0 Å². The lowest BCUT2D eigenvalue weighted by molar-refractivity contribution is 0.414. The molecule has 2 aromatic rings. The van der Waals surface area contributed by atoms with Gasteiger partial charge in [0.15, 0.2) is 0 Å². The van der Waals surface area contributed by atoms with Crippen LogP contribution in [0.2, 0.25) is 0 Å².